The molecule has 2 aromatic rings. The molecule has 1 aromatic carbocycles. The second-order valence-electron chi connectivity index (χ2n) is 4.46. The monoisotopic (exact) mass is 357 g/mol. The van der Waals surface area contributed by atoms with Crippen LogP contribution in [0, 0.1) is 0 Å². The van der Waals surface area contributed by atoms with Crippen LogP contribution in [0.4, 0.5) is 0 Å². The summed E-state index contributed by atoms with van der Waals surface area (Å²) in [5.74, 6) is 0.852. The Hall–Kier alpha value is -1.11. The largest absolute Gasteiger partial charge is 0.468 e. The molecule has 0 bridgehead atoms. The molecule has 0 spiro atoms. The summed E-state index contributed by atoms with van der Waals surface area (Å²) >= 11 is 3.29. The predicted molar refractivity (Wildman–Crippen MR) is 81.3 cm³/mol. The van der Waals surface area contributed by atoms with Crippen molar-refractivity contribution in [3.05, 3.63) is 52.9 Å². The average Bonchev–Trinajstić information content (AvgIpc) is 2.93. The van der Waals surface area contributed by atoms with E-state index < -0.39 is 9.84 Å². The van der Waals surface area contributed by atoms with E-state index >= 15 is 0 Å². The molecular weight excluding hydrogens is 342 g/mol. The van der Waals surface area contributed by atoms with Gasteiger partial charge in [-0.05, 0) is 43.3 Å². The van der Waals surface area contributed by atoms with Crippen molar-refractivity contribution in [1.82, 2.24) is 5.32 Å². The molecule has 0 fully saturated rings. The van der Waals surface area contributed by atoms with E-state index in [9.17, 15) is 8.42 Å². The first-order chi connectivity index (χ1) is 9.49. The molecule has 1 N–H and O–H groups in total. The number of hydrogen-bond donors (Lipinski definition) is 1. The summed E-state index contributed by atoms with van der Waals surface area (Å²) < 4.78 is 30.4. The topological polar surface area (TPSA) is 59.3 Å². The Morgan fingerprint density at radius 2 is 1.95 bits per heavy atom. The minimum Gasteiger partial charge on any atom is -0.468 e. The van der Waals surface area contributed by atoms with Gasteiger partial charge in [-0.1, -0.05) is 15.9 Å². The van der Waals surface area contributed by atoms with E-state index in [4.69, 9.17) is 4.42 Å². The van der Waals surface area contributed by atoms with E-state index in [1.807, 2.05) is 19.1 Å². The summed E-state index contributed by atoms with van der Waals surface area (Å²) in [6.07, 6.45) is 1.60. The summed E-state index contributed by atoms with van der Waals surface area (Å²) in [6, 6.07) is 10.3. The predicted octanol–water partition coefficient (Wildman–Crippen LogP) is 3.17. The van der Waals surface area contributed by atoms with Gasteiger partial charge in [0.1, 0.15) is 5.76 Å². The highest BCUT2D eigenvalue weighted by molar-refractivity contribution is 9.10. The van der Waals surface area contributed by atoms with Crippen molar-refractivity contribution in [3.63, 3.8) is 0 Å². The van der Waals surface area contributed by atoms with E-state index in [0.717, 1.165) is 10.2 Å². The van der Waals surface area contributed by atoms with Crippen LogP contribution in [0.1, 0.15) is 18.7 Å². The van der Waals surface area contributed by atoms with Gasteiger partial charge in [-0.3, -0.25) is 0 Å². The van der Waals surface area contributed by atoms with Crippen LogP contribution in [0.15, 0.2) is 56.4 Å². The van der Waals surface area contributed by atoms with E-state index in [1.54, 1.807) is 30.5 Å². The molecule has 0 aliphatic carbocycles. The minimum atomic E-state index is -3.26. The third-order valence-corrected chi connectivity index (χ3v) is 5.22. The highest BCUT2D eigenvalue weighted by Gasteiger charge is 2.15. The number of benzene rings is 1. The second kappa shape index (κ2) is 6.56. The molecule has 6 heteroatoms. The minimum absolute atomic E-state index is 0.00915. The van der Waals surface area contributed by atoms with Gasteiger partial charge in [0.15, 0.2) is 9.84 Å². The van der Waals surface area contributed by atoms with Gasteiger partial charge in [0.25, 0.3) is 0 Å². The summed E-state index contributed by atoms with van der Waals surface area (Å²) in [4.78, 5) is 0.341. The van der Waals surface area contributed by atoms with E-state index in [1.165, 1.54) is 0 Å². The van der Waals surface area contributed by atoms with Crippen molar-refractivity contribution in [1.29, 1.82) is 0 Å². The van der Waals surface area contributed by atoms with Gasteiger partial charge in [0, 0.05) is 11.0 Å². The van der Waals surface area contributed by atoms with Gasteiger partial charge in [0.2, 0.25) is 0 Å². The lowest BCUT2D eigenvalue weighted by atomic mass is 10.2. The lowest BCUT2D eigenvalue weighted by Gasteiger charge is -2.11. The van der Waals surface area contributed by atoms with Gasteiger partial charge < -0.3 is 9.73 Å². The Morgan fingerprint density at radius 3 is 2.55 bits per heavy atom. The third kappa shape index (κ3) is 3.94. The Labute approximate surface area is 127 Å². The zero-order chi connectivity index (χ0) is 14.6. The molecule has 0 unspecified atom stereocenters. The summed E-state index contributed by atoms with van der Waals surface area (Å²) in [7, 11) is -3.26. The second-order valence-corrected chi connectivity index (χ2v) is 7.49. The average molecular weight is 358 g/mol. The normalized spacial score (nSPS) is 13.3. The van der Waals surface area contributed by atoms with E-state index in [2.05, 4.69) is 21.2 Å². The van der Waals surface area contributed by atoms with E-state index in [0.29, 0.717) is 11.4 Å². The first kappa shape index (κ1) is 15.3. The maximum atomic E-state index is 12.1. The smallest absolute Gasteiger partial charge is 0.179 e. The zero-order valence-electron chi connectivity index (χ0n) is 11.0. The molecule has 0 radical (unpaired) electrons. The number of nitrogens with one attached hydrogen (secondary N) is 1. The zero-order valence-corrected chi connectivity index (χ0v) is 13.4. The first-order valence-corrected chi connectivity index (χ1v) is 8.69. The van der Waals surface area contributed by atoms with Crippen LogP contribution >= 0.6 is 15.9 Å². The fourth-order valence-corrected chi connectivity index (χ4v) is 3.25. The van der Waals surface area contributed by atoms with Crippen molar-refractivity contribution in [3.8, 4) is 0 Å². The van der Waals surface area contributed by atoms with Gasteiger partial charge in [0.05, 0.1) is 23.0 Å². The maximum absolute atomic E-state index is 12.1. The van der Waals surface area contributed by atoms with E-state index in [-0.39, 0.29) is 11.8 Å². The van der Waals surface area contributed by atoms with Crippen molar-refractivity contribution >= 4 is 25.8 Å². The fraction of sp³-hybridized carbons (Fsp3) is 0.286. The van der Waals surface area contributed by atoms with Crippen LogP contribution < -0.4 is 5.32 Å². The maximum Gasteiger partial charge on any atom is 0.179 e. The SMILES string of the molecule is C[C@@H](NCCS(=O)(=O)c1ccc(Br)cc1)c1ccco1. The lowest BCUT2D eigenvalue weighted by molar-refractivity contribution is 0.437. The molecule has 20 heavy (non-hydrogen) atoms. The highest BCUT2D eigenvalue weighted by Crippen LogP contribution is 2.16. The van der Waals surface area contributed by atoms with Gasteiger partial charge >= 0.3 is 0 Å². The van der Waals surface area contributed by atoms with Gasteiger partial charge in [-0.2, -0.15) is 0 Å². The van der Waals surface area contributed by atoms with Crippen LogP contribution in [0.3, 0.4) is 0 Å². The molecule has 0 saturated heterocycles. The van der Waals surface area contributed by atoms with Crippen molar-refractivity contribution in [2.24, 2.45) is 0 Å². The van der Waals surface area contributed by atoms with Crippen molar-refractivity contribution < 1.29 is 12.8 Å². The molecule has 0 aliphatic rings. The summed E-state index contributed by atoms with van der Waals surface area (Å²) in [5.41, 5.74) is 0. The Balaban J connectivity index is 1.91. The standard InChI is InChI=1S/C14H16BrNO3S/c1-11(14-3-2-9-19-14)16-8-10-20(17,18)13-6-4-12(15)5-7-13/h2-7,9,11,16H,8,10H2,1H3/t11-/m1/s1. The van der Waals surface area contributed by atoms with Crippen LogP contribution in [-0.2, 0) is 9.84 Å². The van der Waals surface area contributed by atoms with Crippen molar-refractivity contribution in [2.75, 3.05) is 12.3 Å². The molecule has 0 saturated carbocycles. The molecule has 1 atom stereocenters. The lowest BCUT2D eigenvalue weighted by Crippen LogP contribution is -2.25. The van der Waals surface area contributed by atoms with Gasteiger partial charge in [-0.15, -0.1) is 0 Å². The number of furan rings is 1. The number of hydrogen-bond acceptors (Lipinski definition) is 4. The highest BCUT2D eigenvalue weighted by atomic mass is 79.9. The number of rotatable bonds is 6. The molecular formula is C14H16BrNO3S. The molecule has 1 aromatic heterocycles. The van der Waals surface area contributed by atoms with Gasteiger partial charge in [-0.25, -0.2) is 8.42 Å². The van der Waals surface area contributed by atoms with Crippen LogP contribution in [0.5, 0.6) is 0 Å². The number of halogens is 1. The van der Waals surface area contributed by atoms with Crippen molar-refractivity contribution in [2.45, 2.75) is 17.9 Å². The fourth-order valence-electron chi connectivity index (χ4n) is 1.81. The molecule has 1 heterocycles. The molecule has 0 amide bonds. The molecule has 0 aliphatic heterocycles. The molecule has 4 nitrogen and oxygen atoms in total. The summed E-state index contributed by atoms with van der Waals surface area (Å²) in [6.45, 7) is 2.31. The number of sulfone groups is 1. The third-order valence-electron chi connectivity index (χ3n) is 2.96. The molecule has 2 rings (SSSR count). The van der Waals surface area contributed by atoms with Crippen LogP contribution in [0.2, 0.25) is 0 Å². The Kier molecular flexibility index (Phi) is 5.01. The summed E-state index contributed by atoms with van der Waals surface area (Å²) in [5, 5.41) is 3.14. The molecule has 108 valence electrons. The Morgan fingerprint density at radius 1 is 1.25 bits per heavy atom. The van der Waals surface area contributed by atoms with Crippen LogP contribution in [0.25, 0.3) is 0 Å². The quantitative estimate of drug-likeness (QED) is 0.862. The van der Waals surface area contributed by atoms with Crippen LogP contribution in [-0.4, -0.2) is 20.7 Å². The Bertz CT molecular complexity index is 636. The first-order valence-electron chi connectivity index (χ1n) is 6.24.